The number of nitrogens with zero attached hydrogens (tertiary/aromatic N) is 1. The van der Waals surface area contributed by atoms with E-state index in [1.165, 1.54) is 6.07 Å². The Morgan fingerprint density at radius 2 is 2.00 bits per heavy atom. The van der Waals surface area contributed by atoms with Crippen molar-refractivity contribution in [2.24, 2.45) is 0 Å². The number of para-hydroxylation sites is 1. The number of hydrogen-bond donors (Lipinski definition) is 1. The molecule has 0 radical (unpaired) electrons. The topological polar surface area (TPSA) is 68.3 Å². The summed E-state index contributed by atoms with van der Waals surface area (Å²) in [6, 6.07) is 6.95. The molecule has 1 N–H and O–H groups in total. The van der Waals surface area contributed by atoms with Gasteiger partial charge in [0.25, 0.3) is 5.69 Å². The van der Waals surface area contributed by atoms with E-state index in [0.29, 0.717) is 5.69 Å². The molecule has 0 bridgehead atoms. The van der Waals surface area contributed by atoms with Crippen molar-refractivity contribution in [3.63, 3.8) is 0 Å². The van der Waals surface area contributed by atoms with Crippen LogP contribution in [0.3, 0.4) is 0 Å². The first-order valence-electron chi connectivity index (χ1n) is 6.47. The number of anilines is 1. The van der Waals surface area contributed by atoms with Gasteiger partial charge in [-0.15, -0.1) is 0 Å². The summed E-state index contributed by atoms with van der Waals surface area (Å²) < 4.78 is 5.51. The Bertz CT molecular complexity index is 647. The Kier molecular flexibility index (Phi) is 3.79. The highest BCUT2D eigenvalue weighted by molar-refractivity contribution is 5.66. The SMILES string of the molecule is Cc1cc(C(C)Nc2c(C)cccc2[N+](=O)[O-])c(C)o1. The van der Waals surface area contributed by atoms with Crippen LogP contribution in [0.2, 0.25) is 0 Å². The van der Waals surface area contributed by atoms with Crippen LogP contribution in [0.5, 0.6) is 0 Å². The van der Waals surface area contributed by atoms with Gasteiger partial charge in [0.05, 0.1) is 11.0 Å². The smallest absolute Gasteiger partial charge is 0.292 e. The molecule has 0 saturated carbocycles. The minimum absolute atomic E-state index is 0.0627. The van der Waals surface area contributed by atoms with Gasteiger partial charge in [-0.05, 0) is 39.3 Å². The molecule has 0 fully saturated rings. The summed E-state index contributed by atoms with van der Waals surface area (Å²) in [6.45, 7) is 7.61. The van der Waals surface area contributed by atoms with Gasteiger partial charge in [-0.3, -0.25) is 10.1 Å². The van der Waals surface area contributed by atoms with Crippen LogP contribution in [0.25, 0.3) is 0 Å². The summed E-state index contributed by atoms with van der Waals surface area (Å²) in [6.07, 6.45) is 0. The lowest BCUT2D eigenvalue weighted by atomic mass is 10.1. The number of furan rings is 1. The molecule has 0 saturated heterocycles. The van der Waals surface area contributed by atoms with Crippen molar-refractivity contribution in [3.8, 4) is 0 Å². The van der Waals surface area contributed by atoms with Crippen molar-refractivity contribution in [1.82, 2.24) is 0 Å². The van der Waals surface area contributed by atoms with Gasteiger partial charge in [-0.25, -0.2) is 0 Å². The molecule has 1 atom stereocenters. The molecule has 1 unspecified atom stereocenters. The molecule has 0 aliphatic carbocycles. The summed E-state index contributed by atoms with van der Waals surface area (Å²) in [5, 5.41) is 14.3. The zero-order valence-electron chi connectivity index (χ0n) is 12.1. The number of nitro groups is 1. The van der Waals surface area contributed by atoms with Crippen LogP contribution in [-0.4, -0.2) is 4.92 Å². The van der Waals surface area contributed by atoms with E-state index in [9.17, 15) is 10.1 Å². The molecular weight excluding hydrogens is 256 g/mol. The summed E-state index contributed by atoms with van der Waals surface area (Å²) in [4.78, 5) is 10.7. The monoisotopic (exact) mass is 274 g/mol. The molecule has 1 aromatic heterocycles. The molecule has 0 aliphatic rings. The molecule has 106 valence electrons. The summed E-state index contributed by atoms with van der Waals surface area (Å²) >= 11 is 0. The van der Waals surface area contributed by atoms with E-state index in [1.54, 1.807) is 6.07 Å². The summed E-state index contributed by atoms with van der Waals surface area (Å²) in [7, 11) is 0. The highest BCUT2D eigenvalue weighted by Gasteiger charge is 2.19. The van der Waals surface area contributed by atoms with Crippen LogP contribution in [0.4, 0.5) is 11.4 Å². The van der Waals surface area contributed by atoms with Crippen LogP contribution >= 0.6 is 0 Å². The van der Waals surface area contributed by atoms with Crippen molar-refractivity contribution >= 4 is 11.4 Å². The quantitative estimate of drug-likeness (QED) is 0.667. The maximum absolute atomic E-state index is 11.1. The van der Waals surface area contributed by atoms with Gasteiger partial charge in [-0.1, -0.05) is 12.1 Å². The van der Waals surface area contributed by atoms with E-state index >= 15 is 0 Å². The third-order valence-electron chi connectivity index (χ3n) is 3.35. The van der Waals surface area contributed by atoms with Crippen LogP contribution in [0.1, 0.15) is 35.6 Å². The molecule has 2 rings (SSSR count). The molecule has 1 aromatic carbocycles. The maximum atomic E-state index is 11.1. The van der Waals surface area contributed by atoms with Gasteiger partial charge in [0.2, 0.25) is 0 Å². The number of aryl methyl sites for hydroxylation is 3. The van der Waals surface area contributed by atoms with Crippen LogP contribution < -0.4 is 5.32 Å². The van der Waals surface area contributed by atoms with Gasteiger partial charge in [0.15, 0.2) is 0 Å². The first-order valence-corrected chi connectivity index (χ1v) is 6.47. The summed E-state index contributed by atoms with van der Waals surface area (Å²) in [5.41, 5.74) is 2.52. The predicted octanol–water partition coefficient (Wildman–Crippen LogP) is 4.29. The fraction of sp³-hybridized carbons (Fsp3) is 0.333. The number of rotatable bonds is 4. The van der Waals surface area contributed by atoms with Gasteiger partial charge < -0.3 is 9.73 Å². The highest BCUT2D eigenvalue weighted by Crippen LogP contribution is 2.32. The van der Waals surface area contributed by atoms with Crippen molar-refractivity contribution in [1.29, 1.82) is 0 Å². The second-order valence-corrected chi connectivity index (χ2v) is 4.96. The molecule has 2 aromatic rings. The van der Waals surface area contributed by atoms with Gasteiger partial charge >= 0.3 is 0 Å². The fourth-order valence-electron chi connectivity index (χ4n) is 2.37. The number of nitrogens with one attached hydrogen (secondary N) is 1. The Labute approximate surface area is 117 Å². The lowest BCUT2D eigenvalue weighted by Crippen LogP contribution is -2.09. The van der Waals surface area contributed by atoms with Gasteiger partial charge in [0, 0.05) is 11.6 Å². The Morgan fingerprint density at radius 3 is 2.55 bits per heavy atom. The average Bonchev–Trinajstić information content (AvgIpc) is 2.70. The largest absolute Gasteiger partial charge is 0.466 e. The number of benzene rings is 1. The van der Waals surface area contributed by atoms with Gasteiger partial charge in [0.1, 0.15) is 17.2 Å². The molecule has 20 heavy (non-hydrogen) atoms. The molecule has 0 spiro atoms. The Morgan fingerprint density at radius 1 is 1.30 bits per heavy atom. The molecule has 0 amide bonds. The van der Waals surface area contributed by atoms with E-state index in [2.05, 4.69) is 5.32 Å². The number of hydrogen-bond acceptors (Lipinski definition) is 4. The van der Waals surface area contributed by atoms with Crippen LogP contribution in [-0.2, 0) is 0 Å². The van der Waals surface area contributed by atoms with Crippen molar-refractivity contribution in [2.75, 3.05) is 5.32 Å². The van der Waals surface area contributed by atoms with E-state index in [4.69, 9.17) is 4.42 Å². The van der Waals surface area contributed by atoms with E-state index in [1.807, 2.05) is 39.8 Å². The van der Waals surface area contributed by atoms with Crippen molar-refractivity contribution < 1.29 is 9.34 Å². The highest BCUT2D eigenvalue weighted by atomic mass is 16.6. The van der Waals surface area contributed by atoms with E-state index in [0.717, 1.165) is 22.6 Å². The standard InChI is InChI=1S/C15H18N2O3/c1-9-6-5-7-14(17(18)19)15(9)16-11(3)13-8-10(2)20-12(13)4/h5-8,11,16H,1-4H3. The zero-order chi connectivity index (χ0) is 14.9. The van der Waals surface area contributed by atoms with Gasteiger partial charge in [-0.2, -0.15) is 0 Å². The molecular formula is C15H18N2O3. The predicted molar refractivity (Wildman–Crippen MR) is 78.1 cm³/mol. The molecule has 0 aliphatic heterocycles. The lowest BCUT2D eigenvalue weighted by molar-refractivity contribution is -0.384. The minimum atomic E-state index is -0.366. The van der Waals surface area contributed by atoms with Crippen LogP contribution in [0, 0.1) is 30.9 Å². The van der Waals surface area contributed by atoms with E-state index < -0.39 is 0 Å². The fourth-order valence-corrected chi connectivity index (χ4v) is 2.37. The Balaban J connectivity index is 2.35. The maximum Gasteiger partial charge on any atom is 0.292 e. The normalized spacial score (nSPS) is 12.2. The minimum Gasteiger partial charge on any atom is -0.466 e. The molecule has 1 heterocycles. The molecule has 5 nitrogen and oxygen atoms in total. The summed E-state index contributed by atoms with van der Waals surface area (Å²) in [5.74, 6) is 1.67. The molecule has 5 heteroatoms. The first-order chi connectivity index (χ1) is 9.40. The Hall–Kier alpha value is -2.30. The second-order valence-electron chi connectivity index (χ2n) is 4.96. The lowest BCUT2D eigenvalue weighted by Gasteiger charge is -2.16. The van der Waals surface area contributed by atoms with Crippen molar-refractivity contribution in [3.05, 3.63) is 57.0 Å². The first kappa shape index (κ1) is 14.1. The van der Waals surface area contributed by atoms with Crippen LogP contribution in [0.15, 0.2) is 28.7 Å². The third-order valence-corrected chi connectivity index (χ3v) is 3.35. The zero-order valence-corrected chi connectivity index (χ0v) is 12.1. The number of nitro benzene ring substituents is 1. The second kappa shape index (κ2) is 5.36. The average molecular weight is 274 g/mol. The third kappa shape index (κ3) is 2.66. The van der Waals surface area contributed by atoms with Crippen molar-refractivity contribution in [2.45, 2.75) is 33.7 Å². The van der Waals surface area contributed by atoms with E-state index in [-0.39, 0.29) is 16.7 Å².